The van der Waals surface area contributed by atoms with Crippen LogP contribution in [0.2, 0.25) is 0 Å². The Morgan fingerprint density at radius 1 is 1.17 bits per heavy atom. The molecule has 0 spiro atoms. The minimum Gasteiger partial charge on any atom is -0.347 e. The van der Waals surface area contributed by atoms with Crippen LogP contribution in [0.15, 0.2) is 29.1 Å². The molecule has 2 rings (SSSR count). The Labute approximate surface area is 145 Å². The summed E-state index contributed by atoms with van der Waals surface area (Å²) in [7, 11) is 0. The van der Waals surface area contributed by atoms with Gasteiger partial charge in [-0.15, -0.1) is 0 Å². The minimum atomic E-state index is -0.293. The van der Waals surface area contributed by atoms with Crippen molar-refractivity contribution in [1.82, 2.24) is 19.9 Å². The van der Waals surface area contributed by atoms with Crippen molar-refractivity contribution in [2.75, 3.05) is 0 Å². The number of pyridine rings is 1. The Balaban J connectivity index is 2.47. The maximum Gasteiger partial charge on any atom is 0.251 e. The van der Waals surface area contributed by atoms with E-state index in [-0.39, 0.29) is 16.9 Å². The Bertz CT molecular complexity index is 723. The van der Waals surface area contributed by atoms with Crippen LogP contribution in [-0.4, -0.2) is 26.0 Å². The molecule has 1 amide bonds. The summed E-state index contributed by atoms with van der Waals surface area (Å²) >= 11 is 3.40. The molecule has 0 aliphatic heterocycles. The molecule has 2 aromatic rings. The zero-order valence-electron chi connectivity index (χ0n) is 14.4. The van der Waals surface area contributed by atoms with Crippen molar-refractivity contribution >= 4 is 21.8 Å². The highest BCUT2D eigenvalue weighted by Crippen LogP contribution is 2.24. The maximum atomic E-state index is 12.4. The number of carbonyl (C=O) groups is 1. The molecule has 2 heterocycles. The summed E-state index contributed by atoms with van der Waals surface area (Å²) in [4.78, 5) is 21.4. The number of amides is 1. The molecule has 2 aromatic heterocycles. The number of imidazole rings is 1. The largest absolute Gasteiger partial charge is 0.347 e. The number of hydrogen-bond donors (Lipinski definition) is 1. The molecular weight excluding hydrogens is 356 g/mol. The van der Waals surface area contributed by atoms with Crippen LogP contribution < -0.4 is 5.32 Å². The van der Waals surface area contributed by atoms with E-state index < -0.39 is 0 Å². The van der Waals surface area contributed by atoms with Crippen LogP contribution >= 0.6 is 15.9 Å². The van der Waals surface area contributed by atoms with Gasteiger partial charge in [0.25, 0.3) is 5.91 Å². The zero-order chi connectivity index (χ0) is 17.4. The third-order valence-electron chi connectivity index (χ3n) is 3.09. The van der Waals surface area contributed by atoms with Gasteiger partial charge in [-0.1, -0.05) is 20.8 Å². The van der Waals surface area contributed by atoms with Crippen molar-refractivity contribution in [3.8, 4) is 5.82 Å². The first kappa shape index (κ1) is 17.7. The van der Waals surface area contributed by atoms with Crippen LogP contribution in [-0.2, 0) is 5.41 Å². The highest BCUT2D eigenvalue weighted by atomic mass is 79.9. The summed E-state index contributed by atoms with van der Waals surface area (Å²) in [6, 6.07) is 3.50. The van der Waals surface area contributed by atoms with E-state index in [1.165, 1.54) is 0 Å². The number of nitrogens with one attached hydrogen (secondary N) is 1. The summed E-state index contributed by atoms with van der Waals surface area (Å²) in [5, 5.41) is 2.97. The van der Waals surface area contributed by atoms with Crippen molar-refractivity contribution in [2.24, 2.45) is 0 Å². The lowest BCUT2D eigenvalue weighted by Gasteiger charge is -2.21. The molecule has 23 heavy (non-hydrogen) atoms. The smallest absolute Gasteiger partial charge is 0.251 e. The monoisotopic (exact) mass is 378 g/mol. The number of hydrogen-bond acceptors (Lipinski definition) is 3. The van der Waals surface area contributed by atoms with E-state index in [9.17, 15) is 4.79 Å². The number of rotatable bonds is 2. The van der Waals surface area contributed by atoms with Crippen LogP contribution in [0.3, 0.4) is 0 Å². The van der Waals surface area contributed by atoms with Gasteiger partial charge in [-0.3, -0.25) is 9.36 Å². The average molecular weight is 379 g/mol. The molecule has 124 valence electrons. The van der Waals surface area contributed by atoms with Crippen LogP contribution in [0.5, 0.6) is 0 Å². The lowest BCUT2D eigenvalue weighted by Crippen LogP contribution is -2.40. The van der Waals surface area contributed by atoms with E-state index in [0.717, 1.165) is 5.82 Å². The van der Waals surface area contributed by atoms with Gasteiger partial charge in [0.15, 0.2) is 0 Å². The normalized spacial score (nSPS) is 12.3. The van der Waals surface area contributed by atoms with Crippen LogP contribution in [0.4, 0.5) is 0 Å². The average Bonchev–Trinajstić information content (AvgIpc) is 2.84. The van der Waals surface area contributed by atoms with Gasteiger partial charge >= 0.3 is 0 Å². The van der Waals surface area contributed by atoms with Crippen molar-refractivity contribution < 1.29 is 4.79 Å². The first-order chi connectivity index (χ1) is 10.5. The van der Waals surface area contributed by atoms with E-state index in [2.05, 4.69) is 52.0 Å². The van der Waals surface area contributed by atoms with E-state index in [0.29, 0.717) is 16.0 Å². The topological polar surface area (TPSA) is 59.8 Å². The zero-order valence-corrected chi connectivity index (χ0v) is 16.0. The molecule has 0 bridgehead atoms. The fourth-order valence-electron chi connectivity index (χ4n) is 2.19. The molecule has 0 aliphatic carbocycles. The molecule has 0 saturated carbocycles. The lowest BCUT2D eigenvalue weighted by molar-refractivity contribution is 0.0919. The van der Waals surface area contributed by atoms with Gasteiger partial charge in [-0.05, 0) is 48.8 Å². The third kappa shape index (κ3) is 4.41. The molecule has 0 aliphatic rings. The second-order valence-corrected chi connectivity index (χ2v) is 8.42. The predicted molar refractivity (Wildman–Crippen MR) is 95.0 cm³/mol. The van der Waals surface area contributed by atoms with E-state index in [1.54, 1.807) is 18.3 Å². The summed E-state index contributed by atoms with van der Waals surface area (Å²) in [5.41, 5.74) is 0.144. The van der Waals surface area contributed by atoms with Gasteiger partial charge in [0.05, 0.1) is 0 Å². The summed E-state index contributed by atoms with van der Waals surface area (Å²) in [6.07, 6.45) is 3.61. The van der Waals surface area contributed by atoms with E-state index in [1.807, 2.05) is 31.5 Å². The fourth-order valence-corrected chi connectivity index (χ4v) is 2.62. The van der Waals surface area contributed by atoms with E-state index in [4.69, 9.17) is 0 Å². The molecule has 6 heteroatoms. The fraction of sp³-hybridized carbons (Fsp3) is 0.471. The first-order valence-corrected chi connectivity index (χ1v) is 8.31. The van der Waals surface area contributed by atoms with Gasteiger partial charge < -0.3 is 5.32 Å². The van der Waals surface area contributed by atoms with Crippen molar-refractivity contribution in [3.63, 3.8) is 0 Å². The molecule has 0 aromatic carbocycles. The number of aromatic nitrogens is 3. The Kier molecular flexibility index (Phi) is 4.66. The van der Waals surface area contributed by atoms with Crippen molar-refractivity contribution in [3.05, 3.63) is 40.5 Å². The molecule has 5 nitrogen and oxygen atoms in total. The third-order valence-corrected chi connectivity index (χ3v) is 3.50. The van der Waals surface area contributed by atoms with Gasteiger partial charge in [0, 0.05) is 28.9 Å². The van der Waals surface area contributed by atoms with Gasteiger partial charge in [0.2, 0.25) is 0 Å². The second kappa shape index (κ2) is 6.07. The molecule has 0 unspecified atom stereocenters. The highest BCUT2D eigenvalue weighted by Gasteiger charge is 2.22. The predicted octanol–water partition coefficient (Wildman–Crippen LogP) is 3.86. The molecule has 0 radical (unpaired) electrons. The lowest BCUT2D eigenvalue weighted by atomic mass is 9.95. The molecule has 0 atom stereocenters. The maximum absolute atomic E-state index is 12.4. The molecule has 1 N–H and O–H groups in total. The molecule has 0 saturated heterocycles. The Morgan fingerprint density at radius 3 is 2.39 bits per heavy atom. The number of halogens is 1. The molecular formula is C17H23BrN4O. The van der Waals surface area contributed by atoms with Gasteiger partial charge in [-0.25, -0.2) is 9.97 Å². The summed E-state index contributed by atoms with van der Waals surface area (Å²) in [6.45, 7) is 12.1. The van der Waals surface area contributed by atoms with Gasteiger partial charge in [0.1, 0.15) is 16.2 Å². The number of nitrogens with zero attached hydrogens (tertiary/aromatic N) is 3. The first-order valence-electron chi connectivity index (χ1n) is 7.52. The van der Waals surface area contributed by atoms with Crippen LogP contribution in [0.1, 0.15) is 57.7 Å². The van der Waals surface area contributed by atoms with E-state index >= 15 is 0 Å². The summed E-state index contributed by atoms with van der Waals surface area (Å²) < 4.78 is 2.53. The van der Waals surface area contributed by atoms with Crippen LogP contribution in [0.25, 0.3) is 5.82 Å². The standard InChI is InChI=1S/C17H23BrN4O/c1-16(2,3)15-19-7-8-22(15)13-10-11(9-12(18)20-13)14(23)21-17(4,5)6/h7-10H,1-6H3,(H,21,23). The van der Waals surface area contributed by atoms with Gasteiger partial charge in [-0.2, -0.15) is 0 Å². The molecule has 0 fully saturated rings. The Hall–Kier alpha value is -1.69. The SMILES string of the molecule is CC(C)(C)NC(=O)c1cc(Br)nc(-n2ccnc2C(C)(C)C)c1. The minimum absolute atomic E-state index is 0.124. The van der Waals surface area contributed by atoms with Crippen molar-refractivity contribution in [2.45, 2.75) is 52.5 Å². The Morgan fingerprint density at radius 2 is 1.83 bits per heavy atom. The number of carbonyl (C=O) groups excluding carboxylic acids is 1. The second-order valence-electron chi connectivity index (χ2n) is 7.61. The quantitative estimate of drug-likeness (QED) is 0.807. The van der Waals surface area contributed by atoms with Crippen molar-refractivity contribution in [1.29, 1.82) is 0 Å². The summed E-state index contributed by atoms with van der Waals surface area (Å²) in [5.74, 6) is 1.44. The highest BCUT2D eigenvalue weighted by molar-refractivity contribution is 9.10. The van der Waals surface area contributed by atoms with Crippen LogP contribution in [0, 0.1) is 0 Å².